The number of ether oxygens (including phenoxy) is 1. The molecule has 1 unspecified atom stereocenters. The molecule has 0 bridgehead atoms. The average Bonchev–Trinajstić information content (AvgIpc) is 2.50. The zero-order valence-corrected chi connectivity index (χ0v) is 10.9. The molecule has 2 aromatic carbocycles. The van der Waals surface area contributed by atoms with Crippen LogP contribution in [0.25, 0.3) is 0 Å². The largest absolute Gasteiger partial charge is 0.493 e. The van der Waals surface area contributed by atoms with Gasteiger partial charge in [0.05, 0.1) is 12.7 Å². The van der Waals surface area contributed by atoms with Gasteiger partial charge < -0.3 is 10.5 Å². The van der Waals surface area contributed by atoms with Crippen molar-refractivity contribution in [1.29, 1.82) is 5.26 Å². The van der Waals surface area contributed by atoms with Gasteiger partial charge in [-0.2, -0.15) is 5.26 Å². The second kappa shape index (κ2) is 6.18. The topological polar surface area (TPSA) is 59.0 Å². The van der Waals surface area contributed by atoms with Gasteiger partial charge in [-0.3, -0.25) is 0 Å². The highest BCUT2D eigenvalue weighted by Gasteiger charge is 2.26. The minimum atomic E-state index is -1.08. The number of nitriles is 1. The van der Waals surface area contributed by atoms with E-state index in [1.807, 2.05) is 30.3 Å². The van der Waals surface area contributed by atoms with E-state index in [1.165, 1.54) is 12.1 Å². The molecule has 1 atom stereocenters. The quantitative estimate of drug-likeness (QED) is 0.908. The first-order valence-electron chi connectivity index (χ1n) is 6.28. The molecule has 0 amide bonds. The molecule has 0 heterocycles. The summed E-state index contributed by atoms with van der Waals surface area (Å²) in [6.45, 7) is 0.282. The van der Waals surface area contributed by atoms with Crippen molar-refractivity contribution >= 4 is 0 Å². The fourth-order valence-corrected chi connectivity index (χ4v) is 1.86. The average molecular weight is 270 g/mol. The molecule has 20 heavy (non-hydrogen) atoms. The molecule has 0 saturated heterocycles. The molecule has 3 nitrogen and oxygen atoms in total. The van der Waals surface area contributed by atoms with Gasteiger partial charge in [-0.1, -0.05) is 30.3 Å². The van der Waals surface area contributed by atoms with Gasteiger partial charge >= 0.3 is 0 Å². The lowest BCUT2D eigenvalue weighted by Gasteiger charge is -2.22. The molecule has 0 saturated carbocycles. The van der Waals surface area contributed by atoms with E-state index in [2.05, 4.69) is 6.07 Å². The third-order valence-corrected chi connectivity index (χ3v) is 3.07. The molecule has 0 fully saturated rings. The fraction of sp³-hybridized carbons (Fsp3) is 0.188. The maximum Gasteiger partial charge on any atom is 0.133 e. The first-order valence-corrected chi connectivity index (χ1v) is 6.28. The molecular weight excluding hydrogens is 255 g/mol. The highest BCUT2D eigenvalue weighted by molar-refractivity contribution is 5.30. The predicted octanol–water partition coefficient (Wildman–Crippen LogP) is 2.97. The summed E-state index contributed by atoms with van der Waals surface area (Å²) >= 11 is 0. The van der Waals surface area contributed by atoms with Crippen molar-refractivity contribution in [1.82, 2.24) is 0 Å². The first kappa shape index (κ1) is 14.0. The van der Waals surface area contributed by atoms with Gasteiger partial charge in [-0.25, -0.2) is 4.39 Å². The number of nitrogens with two attached hydrogens (primary N) is 1. The van der Waals surface area contributed by atoms with E-state index in [-0.39, 0.29) is 12.4 Å². The molecule has 2 aromatic rings. The minimum absolute atomic E-state index is 0.282. The summed E-state index contributed by atoms with van der Waals surface area (Å²) in [5, 5.41) is 9.29. The van der Waals surface area contributed by atoms with Gasteiger partial charge in [-0.05, 0) is 29.8 Å². The maximum absolute atomic E-state index is 12.8. The SMILES string of the molecule is N#CC(N)(CCOc1ccc(F)cc1)c1ccccc1. The number of halogens is 1. The van der Waals surface area contributed by atoms with E-state index in [9.17, 15) is 9.65 Å². The van der Waals surface area contributed by atoms with Crippen molar-refractivity contribution in [2.45, 2.75) is 12.0 Å². The summed E-state index contributed by atoms with van der Waals surface area (Å²) < 4.78 is 18.2. The van der Waals surface area contributed by atoms with Crippen molar-refractivity contribution in [3.63, 3.8) is 0 Å². The second-order valence-corrected chi connectivity index (χ2v) is 4.50. The Morgan fingerprint density at radius 3 is 2.35 bits per heavy atom. The number of benzene rings is 2. The Balaban J connectivity index is 1.98. The summed E-state index contributed by atoms with van der Waals surface area (Å²) in [7, 11) is 0. The number of nitrogens with zero attached hydrogens (tertiary/aromatic N) is 1. The maximum atomic E-state index is 12.8. The minimum Gasteiger partial charge on any atom is -0.493 e. The van der Waals surface area contributed by atoms with E-state index in [1.54, 1.807) is 12.1 Å². The van der Waals surface area contributed by atoms with Crippen molar-refractivity contribution in [3.8, 4) is 11.8 Å². The molecule has 102 valence electrons. The number of hydrogen-bond donors (Lipinski definition) is 1. The van der Waals surface area contributed by atoms with Gasteiger partial charge in [0.2, 0.25) is 0 Å². The van der Waals surface area contributed by atoms with E-state index in [0.29, 0.717) is 12.2 Å². The van der Waals surface area contributed by atoms with Gasteiger partial charge in [0.15, 0.2) is 0 Å². The molecule has 0 aliphatic heterocycles. The molecular formula is C16H15FN2O. The van der Waals surface area contributed by atoms with Crippen LogP contribution >= 0.6 is 0 Å². The standard InChI is InChI=1S/C16H15FN2O/c17-14-6-8-15(9-7-14)20-11-10-16(19,12-18)13-4-2-1-3-5-13/h1-9H,10-11,19H2. The summed E-state index contributed by atoms with van der Waals surface area (Å²) in [6.07, 6.45) is 0.352. The zero-order chi connectivity index (χ0) is 14.4. The van der Waals surface area contributed by atoms with Crippen LogP contribution in [0.1, 0.15) is 12.0 Å². The summed E-state index contributed by atoms with van der Waals surface area (Å²) in [6, 6.07) is 17.1. The van der Waals surface area contributed by atoms with Crippen molar-refractivity contribution in [3.05, 3.63) is 66.0 Å². The van der Waals surface area contributed by atoms with E-state index >= 15 is 0 Å². The molecule has 0 aliphatic rings. The lowest BCUT2D eigenvalue weighted by Crippen LogP contribution is -2.36. The molecule has 2 rings (SSSR count). The summed E-state index contributed by atoms with van der Waals surface area (Å²) in [4.78, 5) is 0. The number of hydrogen-bond acceptors (Lipinski definition) is 3. The monoisotopic (exact) mass is 270 g/mol. The molecule has 0 aliphatic carbocycles. The fourth-order valence-electron chi connectivity index (χ4n) is 1.86. The lowest BCUT2D eigenvalue weighted by molar-refractivity contribution is 0.281. The van der Waals surface area contributed by atoms with Gasteiger partial charge in [0, 0.05) is 6.42 Å². The normalized spacial score (nSPS) is 13.2. The van der Waals surface area contributed by atoms with Crippen molar-refractivity contribution in [2.75, 3.05) is 6.61 Å². The van der Waals surface area contributed by atoms with Gasteiger partial charge in [0.1, 0.15) is 17.1 Å². The molecule has 0 radical (unpaired) electrons. The molecule has 0 spiro atoms. The molecule has 0 aromatic heterocycles. The van der Waals surface area contributed by atoms with E-state index in [0.717, 1.165) is 5.56 Å². The van der Waals surface area contributed by atoms with Crippen molar-refractivity contribution < 1.29 is 9.13 Å². The van der Waals surface area contributed by atoms with E-state index < -0.39 is 5.54 Å². The van der Waals surface area contributed by atoms with Crippen molar-refractivity contribution in [2.24, 2.45) is 5.73 Å². The summed E-state index contributed by atoms with van der Waals surface area (Å²) in [5.74, 6) is 0.242. The van der Waals surface area contributed by atoms with Crippen LogP contribution in [0, 0.1) is 17.1 Å². The van der Waals surface area contributed by atoms with Crippen LogP contribution in [-0.2, 0) is 5.54 Å². The highest BCUT2D eigenvalue weighted by Crippen LogP contribution is 2.22. The van der Waals surface area contributed by atoms with Crippen LogP contribution in [0.2, 0.25) is 0 Å². The summed E-state index contributed by atoms with van der Waals surface area (Å²) in [5.41, 5.74) is 5.78. The van der Waals surface area contributed by atoms with Crippen LogP contribution in [0.4, 0.5) is 4.39 Å². The third-order valence-electron chi connectivity index (χ3n) is 3.07. The van der Waals surface area contributed by atoms with Gasteiger partial charge in [-0.15, -0.1) is 0 Å². The van der Waals surface area contributed by atoms with E-state index in [4.69, 9.17) is 10.5 Å². The van der Waals surface area contributed by atoms with Crippen LogP contribution in [0.5, 0.6) is 5.75 Å². The Morgan fingerprint density at radius 2 is 1.75 bits per heavy atom. The zero-order valence-electron chi connectivity index (χ0n) is 10.9. The van der Waals surface area contributed by atoms with Crippen LogP contribution in [0.15, 0.2) is 54.6 Å². The molecule has 4 heteroatoms. The Hall–Kier alpha value is -2.38. The third kappa shape index (κ3) is 3.34. The van der Waals surface area contributed by atoms with Crippen LogP contribution < -0.4 is 10.5 Å². The van der Waals surface area contributed by atoms with Gasteiger partial charge in [0.25, 0.3) is 0 Å². The smallest absolute Gasteiger partial charge is 0.133 e. The van der Waals surface area contributed by atoms with Crippen LogP contribution in [-0.4, -0.2) is 6.61 Å². The van der Waals surface area contributed by atoms with Crippen LogP contribution in [0.3, 0.4) is 0 Å². The first-order chi connectivity index (χ1) is 9.64. The Labute approximate surface area is 117 Å². The Kier molecular flexibility index (Phi) is 4.34. The lowest BCUT2D eigenvalue weighted by atomic mass is 9.89. The highest BCUT2D eigenvalue weighted by atomic mass is 19.1. The Morgan fingerprint density at radius 1 is 1.10 bits per heavy atom. The molecule has 2 N–H and O–H groups in total. The second-order valence-electron chi connectivity index (χ2n) is 4.50. The predicted molar refractivity (Wildman–Crippen MR) is 74.4 cm³/mol. The number of rotatable bonds is 5. The Bertz CT molecular complexity index is 592.